The van der Waals surface area contributed by atoms with Crippen molar-refractivity contribution in [1.29, 1.82) is 0 Å². The second-order valence-corrected chi connectivity index (χ2v) is 14.6. The summed E-state index contributed by atoms with van der Waals surface area (Å²) < 4.78 is 0. The van der Waals surface area contributed by atoms with Crippen molar-refractivity contribution in [1.82, 2.24) is 0 Å². The van der Waals surface area contributed by atoms with E-state index in [1.807, 2.05) is 0 Å². The molecule has 0 heterocycles. The van der Waals surface area contributed by atoms with Crippen molar-refractivity contribution in [2.75, 3.05) is 4.90 Å². The van der Waals surface area contributed by atoms with Crippen LogP contribution in [0.25, 0.3) is 67.6 Å². The molecule has 0 N–H and O–H groups in total. The minimum absolute atomic E-state index is 0.950. The van der Waals surface area contributed by atoms with E-state index < -0.39 is 0 Å². The van der Waals surface area contributed by atoms with E-state index in [2.05, 4.69) is 205 Å². The zero-order chi connectivity index (χ0) is 36.6. The Balaban J connectivity index is 1.27. The predicted octanol–water partition coefficient (Wildman–Crippen LogP) is 11.1. The molecule has 0 aromatic heterocycles. The highest BCUT2D eigenvalue weighted by molar-refractivity contribution is 6.02. The Kier molecular flexibility index (Phi) is 8.54. The van der Waals surface area contributed by atoms with E-state index in [1.54, 1.807) is 0 Å². The van der Waals surface area contributed by atoms with Gasteiger partial charge in [-0.3, -0.25) is 0 Å². The van der Waals surface area contributed by atoms with Crippen LogP contribution in [0.4, 0.5) is 11.4 Å². The summed E-state index contributed by atoms with van der Waals surface area (Å²) in [6.45, 7) is 0. The van der Waals surface area contributed by atoms with Crippen molar-refractivity contribution in [3.05, 3.63) is 214 Å². The summed E-state index contributed by atoms with van der Waals surface area (Å²) in [5, 5.41) is 7.77. The molecule has 55 heavy (non-hydrogen) atoms. The first-order valence-corrected chi connectivity index (χ1v) is 19.5. The molecule has 0 bridgehead atoms. The van der Waals surface area contributed by atoms with E-state index in [-0.39, 0.29) is 0 Å². The molecular formula is C54H41N. The summed E-state index contributed by atoms with van der Waals surface area (Å²) in [5.74, 6) is 0. The number of rotatable bonds is 7. The maximum absolute atomic E-state index is 2.56. The summed E-state index contributed by atoms with van der Waals surface area (Å²) in [7, 11) is 0. The first-order chi connectivity index (χ1) is 27.3. The van der Waals surface area contributed by atoms with Crippen molar-refractivity contribution < 1.29 is 0 Å². The van der Waals surface area contributed by atoms with Crippen molar-refractivity contribution in [2.45, 2.75) is 25.7 Å². The van der Waals surface area contributed by atoms with Crippen LogP contribution in [0.1, 0.15) is 31.2 Å². The second-order valence-electron chi connectivity index (χ2n) is 14.6. The Labute approximate surface area is 322 Å². The predicted molar refractivity (Wildman–Crippen MR) is 234 cm³/mol. The molecule has 10 rings (SSSR count). The van der Waals surface area contributed by atoms with Crippen LogP contribution in [0.15, 0.2) is 188 Å². The van der Waals surface area contributed by atoms with Crippen LogP contribution in [0, 0.1) is 0 Å². The lowest BCUT2D eigenvalue weighted by Crippen LogP contribution is -2.35. The van der Waals surface area contributed by atoms with Crippen molar-refractivity contribution in [2.24, 2.45) is 0 Å². The molecule has 8 aromatic carbocycles. The molecular weight excluding hydrogens is 663 g/mol. The van der Waals surface area contributed by atoms with Crippen LogP contribution in [0.3, 0.4) is 0 Å². The molecule has 8 aromatic rings. The van der Waals surface area contributed by atoms with Gasteiger partial charge in [-0.25, -0.2) is 0 Å². The largest absolute Gasteiger partial charge is 0.314 e. The fourth-order valence-electron chi connectivity index (χ4n) is 8.88. The Morgan fingerprint density at radius 3 is 1.64 bits per heavy atom. The van der Waals surface area contributed by atoms with Gasteiger partial charge in [-0.1, -0.05) is 176 Å². The second kappa shape index (κ2) is 14.3. The van der Waals surface area contributed by atoms with E-state index in [0.29, 0.717) is 0 Å². The molecule has 0 amide bonds. The molecule has 2 aliphatic carbocycles. The molecule has 262 valence electrons. The van der Waals surface area contributed by atoms with E-state index in [0.717, 1.165) is 31.4 Å². The first-order valence-electron chi connectivity index (χ1n) is 19.5. The van der Waals surface area contributed by atoms with Gasteiger partial charge in [0.05, 0.1) is 0 Å². The zero-order valence-electron chi connectivity index (χ0n) is 30.8. The molecule has 0 fully saturated rings. The van der Waals surface area contributed by atoms with E-state index in [4.69, 9.17) is 0 Å². The number of hydrogen-bond donors (Lipinski definition) is 0. The summed E-state index contributed by atoms with van der Waals surface area (Å²) in [6.07, 6.45) is 8.77. The SMILES string of the molecule is C1=c2ccccc2=C(c2cc(N(C3=c4ccccc4=CCC3)c3ccc(-c4ccccc4)c(-c4cccc5ccccc45)c3)ccc2-c2ccccc2)CC1. The van der Waals surface area contributed by atoms with Crippen LogP contribution < -0.4 is 25.8 Å². The highest BCUT2D eigenvalue weighted by Crippen LogP contribution is 2.43. The van der Waals surface area contributed by atoms with E-state index in [1.165, 1.54) is 87.5 Å². The quantitative estimate of drug-likeness (QED) is 0.160. The molecule has 0 saturated heterocycles. The van der Waals surface area contributed by atoms with Gasteiger partial charge >= 0.3 is 0 Å². The van der Waals surface area contributed by atoms with Crippen molar-refractivity contribution in [3.8, 4) is 33.4 Å². The summed E-state index contributed by atoms with van der Waals surface area (Å²) >= 11 is 0. The van der Waals surface area contributed by atoms with Gasteiger partial charge in [-0.2, -0.15) is 0 Å². The third kappa shape index (κ3) is 6.08. The lowest BCUT2D eigenvalue weighted by molar-refractivity contribution is 1.02. The molecule has 0 atom stereocenters. The number of nitrogens with zero attached hydrogens (tertiary/aromatic N) is 1. The normalized spacial score (nSPS) is 13.4. The lowest BCUT2D eigenvalue weighted by Gasteiger charge is -2.31. The molecule has 0 radical (unpaired) electrons. The molecule has 2 aliphatic rings. The molecule has 0 unspecified atom stereocenters. The number of fused-ring (bicyclic) bond motifs is 3. The van der Waals surface area contributed by atoms with Gasteiger partial charge in [0.25, 0.3) is 0 Å². The van der Waals surface area contributed by atoms with E-state index >= 15 is 0 Å². The minimum Gasteiger partial charge on any atom is -0.314 e. The smallest absolute Gasteiger partial charge is 0.0465 e. The molecule has 0 spiro atoms. The highest BCUT2D eigenvalue weighted by atomic mass is 15.1. The third-order valence-electron chi connectivity index (χ3n) is 11.4. The lowest BCUT2D eigenvalue weighted by atomic mass is 9.87. The standard InChI is InChI=1S/C54H41N/c1-3-16-38(17-4-1)47-34-32-43(36-52(47)50-29-13-23-40-20-7-10-26-45(40)50)55(54-31-15-25-42-22-9-12-28-49(42)54)44-33-35-48(39-18-5-2-6-19-39)53(37-44)51-30-14-24-41-21-8-11-27-46(41)51/h1-13,16-29,32-37H,14-15,30-31H2. The third-order valence-corrected chi connectivity index (χ3v) is 11.4. The Bertz CT molecular complexity index is 2970. The van der Waals surface area contributed by atoms with Crippen LogP contribution in [-0.2, 0) is 0 Å². The van der Waals surface area contributed by atoms with Crippen molar-refractivity contribution >= 4 is 45.6 Å². The van der Waals surface area contributed by atoms with Crippen LogP contribution in [0.5, 0.6) is 0 Å². The average Bonchev–Trinajstić information content (AvgIpc) is 3.27. The number of benzene rings is 8. The van der Waals surface area contributed by atoms with Gasteiger partial charge in [0.15, 0.2) is 0 Å². The van der Waals surface area contributed by atoms with Crippen LogP contribution in [-0.4, -0.2) is 0 Å². The minimum atomic E-state index is 0.950. The molecule has 1 nitrogen and oxygen atoms in total. The monoisotopic (exact) mass is 703 g/mol. The van der Waals surface area contributed by atoms with Crippen LogP contribution >= 0.6 is 0 Å². The summed E-state index contributed by atoms with van der Waals surface area (Å²) in [5.41, 5.74) is 13.8. The Hall–Kier alpha value is -6.70. The highest BCUT2D eigenvalue weighted by Gasteiger charge is 2.23. The van der Waals surface area contributed by atoms with Gasteiger partial charge in [-0.15, -0.1) is 0 Å². The van der Waals surface area contributed by atoms with Crippen LogP contribution in [0.2, 0.25) is 0 Å². The molecule has 1 heteroatoms. The van der Waals surface area contributed by atoms with Gasteiger partial charge in [-0.05, 0) is 121 Å². The maximum Gasteiger partial charge on any atom is 0.0465 e. The average molecular weight is 704 g/mol. The fraction of sp³-hybridized carbons (Fsp3) is 0.0741. The fourth-order valence-corrected chi connectivity index (χ4v) is 8.88. The summed E-state index contributed by atoms with van der Waals surface area (Å²) in [6, 6.07) is 69.4. The first kappa shape index (κ1) is 32.9. The Morgan fingerprint density at radius 1 is 0.364 bits per heavy atom. The number of anilines is 2. The molecule has 0 aliphatic heterocycles. The van der Waals surface area contributed by atoms with Gasteiger partial charge < -0.3 is 4.90 Å². The van der Waals surface area contributed by atoms with Gasteiger partial charge in [0, 0.05) is 22.3 Å². The van der Waals surface area contributed by atoms with Gasteiger partial charge in [0.1, 0.15) is 0 Å². The molecule has 0 saturated carbocycles. The topological polar surface area (TPSA) is 3.24 Å². The van der Waals surface area contributed by atoms with Gasteiger partial charge in [0.2, 0.25) is 0 Å². The Morgan fingerprint density at radius 2 is 0.909 bits per heavy atom. The maximum atomic E-state index is 2.56. The zero-order valence-corrected chi connectivity index (χ0v) is 30.8. The number of hydrogen-bond acceptors (Lipinski definition) is 1. The van der Waals surface area contributed by atoms with E-state index in [9.17, 15) is 0 Å². The summed E-state index contributed by atoms with van der Waals surface area (Å²) in [4.78, 5) is 2.56. The van der Waals surface area contributed by atoms with Crippen molar-refractivity contribution in [3.63, 3.8) is 0 Å².